The average molecular weight is 523 g/mol. The molecule has 1 aromatic rings. The van der Waals surface area contributed by atoms with E-state index >= 15 is 0 Å². The summed E-state index contributed by atoms with van der Waals surface area (Å²) in [6, 6.07) is 0. The zero-order valence-corrected chi connectivity index (χ0v) is 20.5. The number of amides is 1. The minimum atomic E-state index is -0.480. The summed E-state index contributed by atoms with van der Waals surface area (Å²) in [5.74, 6) is 0.736. The van der Waals surface area contributed by atoms with E-state index in [1.165, 1.54) is 34.8 Å². The van der Waals surface area contributed by atoms with Crippen LogP contribution in [-0.4, -0.2) is 49.3 Å². The number of ether oxygens (including phenoxy) is 1. The standard InChI is InChI=1S/C19H33N5O2S.HI/c1-19(2,3)26-18(25)23-13-12-22-17(20-4)21-11-7-10-16-24-14-8-5-6-9-15(14)27-16;/h5-13H2,1-4H3,(H,23,25)(H2,20,21,22);1H. The zero-order valence-electron chi connectivity index (χ0n) is 17.4. The number of nitrogens with one attached hydrogen (secondary N) is 3. The van der Waals surface area contributed by atoms with Crippen LogP contribution >= 0.6 is 35.3 Å². The lowest BCUT2D eigenvalue weighted by atomic mass is 10.0. The van der Waals surface area contributed by atoms with Crippen molar-refractivity contribution in [2.45, 2.75) is 64.9 Å². The van der Waals surface area contributed by atoms with Crippen LogP contribution in [-0.2, 0) is 24.0 Å². The Labute approximate surface area is 189 Å². The summed E-state index contributed by atoms with van der Waals surface area (Å²) in [7, 11) is 1.74. The van der Waals surface area contributed by atoms with Gasteiger partial charge in [0.2, 0.25) is 0 Å². The minimum Gasteiger partial charge on any atom is -0.444 e. The first-order chi connectivity index (χ1) is 12.9. The first kappa shape index (κ1) is 24.9. The number of alkyl carbamates (subject to hydrolysis) is 1. The molecule has 1 aromatic heterocycles. The smallest absolute Gasteiger partial charge is 0.407 e. The van der Waals surface area contributed by atoms with Crippen molar-refractivity contribution < 1.29 is 9.53 Å². The lowest BCUT2D eigenvalue weighted by molar-refractivity contribution is 0.0529. The largest absolute Gasteiger partial charge is 0.444 e. The van der Waals surface area contributed by atoms with Gasteiger partial charge in [0.05, 0.1) is 10.7 Å². The van der Waals surface area contributed by atoms with Crippen LogP contribution in [0.5, 0.6) is 0 Å². The molecule has 0 aliphatic heterocycles. The molecule has 1 aliphatic carbocycles. The lowest BCUT2D eigenvalue weighted by Crippen LogP contribution is -2.42. The summed E-state index contributed by atoms with van der Waals surface area (Å²) in [6.45, 7) is 7.43. The highest BCUT2D eigenvalue weighted by Crippen LogP contribution is 2.27. The van der Waals surface area contributed by atoms with Crippen molar-refractivity contribution >= 4 is 47.4 Å². The molecule has 28 heavy (non-hydrogen) atoms. The summed E-state index contributed by atoms with van der Waals surface area (Å²) in [5.41, 5.74) is 0.857. The van der Waals surface area contributed by atoms with E-state index < -0.39 is 11.7 Å². The van der Waals surface area contributed by atoms with E-state index in [9.17, 15) is 4.79 Å². The Morgan fingerprint density at radius 1 is 1.14 bits per heavy atom. The van der Waals surface area contributed by atoms with Crippen molar-refractivity contribution in [3.8, 4) is 0 Å². The van der Waals surface area contributed by atoms with Crippen LogP contribution in [0.15, 0.2) is 4.99 Å². The van der Waals surface area contributed by atoms with Gasteiger partial charge in [-0.05, 0) is 52.9 Å². The number of aliphatic imine (C=N–C) groups is 1. The van der Waals surface area contributed by atoms with Crippen LogP contribution in [0.2, 0.25) is 0 Å². The molecular weight excluding hydrogens is 489 g/mol. The molecule has 1 aliphatic rings. The second-order valence-electron chi connectivity index (χ2n) is 7.64. The molecule has 0 fully saturated rings. The normalized spacial score (nSPS) is 13.9. The summed E-state index contributed by atoms with van der Waals surface area (Å²) in [5, 5.41) is 10.5. The third kappa shape index (κ3) is 9.40. The molecule has 0 atom stereocenters. The molecule has 0 unspecified atom stereocenters. The highest BCUT2D eigenvalue weighted by atomic mass is 127. The van der Waals surface area contributed by atoms with Gasteiger partial charge in [0.15, 0.2) is 5.96 Å². The van der Waals surface area contributed by atoms with E-state index in [1.54, 1.807) is 7.05 Å². The summed E-state index contributed by atoms with van der Waals surface area (Å²) >= 11 is 1.89. The average Bonchev–Trinajstić information content (AvgIpc) is 3.01. The number of guanidine groups is 1. The molecule has 0 saturated carbocycles. The molecule has 160 valence electrons. The van der Waals surface area contributed by atoms with Crippen LogP contribution in [0.3, 0.4) is 0 Å². The van der Waals surface area contributed by atoms with Crippen LogP contribution in [0.4, 0.5) is 4.79 Å². The van der Waals surface area contributed by atoms with E-state index in [0.29, 0.717) is 13.1 Å². The Hall–Kier alpha value is -1.10. The van der Waals surface area contributed by atoms with Gasteiger partial charge in [-0.1, -0.05) is 0 Å². The summed E-state index contributed by atoms with van der Waals surface area (Å²) < 4.78 is 5.19. The predicted molar refractivity (Wildman–Crippen MR) is 126 cm³/mol. The third-order valence-corrected chi connectivity index (χ3v) is 5.28. The van der Waals surface area contributed by atoms with E-state index in [1.807, 2.05) is 32.1 Å². The van der Waals surface area contributed by atoms with Crippen molar-refractivity contribution in [3.05, 3.63) is 15.6 Å². The van der Waals surface area contributed by atoms with E-state index in [-0.39, 0.29) is 24.0 Å². The number of halogens is 1. The number of hydrogen-bond donors (Lipinski definition) is 3. The maximum absolute atomic E-state index is 11.6. The van der Waals surface area contributed by atoms with Gasteiger partial charge >= 0.3 is 6.09 Å². The van der Waals surface area contributed by atoms with Crippen molar-refractivity contribution in [2.75, 3.05) is 26.7 Å². The van der Waals surface area contributed by atoms with Gasteiger partial charge in [0.1, 0.15) is 5.60 Å². The highest BCUT2D eigenvalue weighted by molar-refractivity contribution is 14.0. The molecule has 0 radical (unpaired) electrons. The number of nitrogens with zero attached hydrogens (tertiary/aromatic N) is 2. The number of thiazole rings is 1. The monoisotopic (exact) mass is 523 g/mol. The van der Waals surface area contributed by atoms with Gasteiger partial charge < -0.3 is 20.7 Å². The number of aromatic nitrogens is 1. The molecule has 0 saturated heterocycles. The molecule has 0 spiro atoms. The first-order valence-electron chi connectivity index (χ1n) is 9.76. The number of carbonyl (C=O) groups excluding carboxylic acids is 1. The number of fused-ring (bicyclic) bond motifs is 1. The fraction of sp³-hybridized carbons (Fsp3) is 0.737. The van der Waals surface area contributed by atoms with Crippen molar-refractivity contribution in [3.63, 3.8) is 0 Å². The lowest BCUT2D eigenvalue weighted by Gasteiger charge is -2.19. The molecule has 3 N–H and O–H groups in total. The Bertz CT molecular complexity index is 619. The number of carbonyl (C=O) groups is 1. The molecule has 9 heteroatoms. The van der Waals surface area contributed by atoms with Gasteiger partial charge in [-0.25, -0.2) is 9.78 Å². The Morgan fingerprint density at radius 3 is 2.50 bits per heavy atom. The van der Waals surface area contributed by atoms with Crippen molar-refractivity contribution in [2.24, 2.45) is 4.99 Å². The quantitative estimate of drug-likeness (QED) is 0.221. The molecule has 0 bridgehead atoms. The second kappa shape index (κ2) is 12.5. The number of rotatable bonds is 7. The first-order valence-corrected chi connectivity index (χ1v) is 10.6. The van der Waals surface area contributed by atoms with Gasteiger partial charge in [-0.2, -0.15) is 0 Å². The van der Waals surface area contributed by atoms with Gasteiger partial charge in [0, 0.05) is 38.0 Å². The van der Waals surface area contributed by atoms with Crippen LogP contribution in [0, 0.1) is 0 Å². The van der Waals surface area contributed by atoms with Crippen molar-refractivity contribution in [1.29, 1.82) is 0 Å². The molecule has 2 rings (SSSR count). The molecule has 1 amide bonds. The molecule has 0 aromatic carbocycles. The van der Waals surface area contributed by atoms with Crippen LogP contribution in [0.25, 0.3) is 0 Å². The van der Waals surface area contributed by atoms with Gasteiger partial charge in [-0.15, -0.1) is 35.3 Å². The Morgan fingerprint density at radius 2 is 1.82 bits per heavy atom. The van der Waals surface area contributed by atoms with E-state index in [2.05, 4.69) is 20.9 Å². The summed E-state index contributed by atoms with van der Waals surface area (Å²) in [6.07, 6.45) is 6.56. The maximum atomic E-state index is 11.6. The zero-order chi connectivity index (χ0) is 19.7. The number of hydrogen-bond acceptors (Lipinski definition) is 5. The maximum Gasteiger partial charge on any atom is 0.407 e. The molecule has 7 nitrogen and oxygen atoms in total. The number of aryl methyl sites for hydroxylation is 3. The van der Waals surface area contributed by atoms with Crippen molar-refractivity contribution in [1.82, 2.24) is 20.9 Å². The van der Waals surface area contributed by atoms with Crippen LogP contribution < -0.4 is 16.0 Å². The SMILES string of the molecule is CN=C(NCCCc1nc2c(s1)CCCC2)NCCNC(=O)OC(C)(C)C.I. The van der Waals surface area contributed by atoms with Crippen LogP contribution in [0.1, 0.15) is 55.6 Å². The van der Waals surface area contributed by atoms with Gasteiger partial charge in [0.25, 0.3) is 0 Å². The molecule has 1 heterocycles. The fourth-order valence-corrected chi connectivity index (χ4v) is 4.04. The summed E-state index contributed by atoms with van der Waals surface area (Å²) in [4.78, 5) is 22.1. The predicted octanol–water partition coefficient (Wildman–Crippen LogP) is 3.26. The Balaban J connectivity index is 0.00000392. The topological polar surface area (TPSA) is 87.6 Å². The second-order valence-corrected chi connectivity index (χ2v) is 8.81. The van der Waals surface area contributed by atoms with Gasteiger partial charge in [-0.3, -0.25) is 4.99 Å². The fourth-order valence-electron chi connectivity index (χ4n) is 2.84. The minimum absolute atomic E-state index is 0. The highest BCUT2D eigenvalue weighted by Gasteiger charge is 2.16. The van der Waals surface area contributed by atoms with E-state index in [0.717, 1.165) is 31.8 Å². The van der Waals surface area contributed by atoms with E-state index in [4.69, 9.17) is 9.72 Å². The Kier molecular flexibility index (Phi) is 11.1. The molecular formula is C19H34IN5O2S. The third-order valence-electron chi connectivity index (χ3n) is 4.06.